The van der Waals surface area contributed by atoms with Crippen molar-refractivity contribution in [1.29, 1.82) is 0 Å². The first-order valence-electron chi connectivity index (χ1n) is 8.92. The summed E-state index contributed by atoms with van der Waals surface area (Å²) in [4.78, 5) is 23.6. The Labute approximate surface area is 187 Å². The summed E-state index contributed by atoms with van der Waals surface area (Å²) in [6, 6.07) is 14.2. The highest BCUT2D eigenvalue weighted by atomic mass is 35.5. The van der Waals surface area contributed by atoms with Crippen molar-refractivity contribution in [3.63, 3.8) is 0 Å². The fourth-order valence-electron chi connectivity index (χ4n) is 2.79. The van der Waals surface area contributed by atoms with Gasteiger partial charge in [-0.25, -0.2) is 9.98 Å². The summed E-state index contributed by atoms with van der Waals surface area (Å²) < 4.78 is 5.89. The second-order valence-electron chi connectivity index (χ2n) is 6.22. The van der Waals surface area contributed by atoms with E-state index in [0.29, 0.717) is 49.6 Å². The topological polar surface area (TPSA) is 58.7 Å². The Balaban J connectivity index is 1.65. The van der Waals surface area contributed by atoms with E-state index in [4.69, 9.17) is 27.6 Å². The third-order valence-electron chi connectivity index (χ3n) is 4.15. The lowest BCUT2D eigenvalue weighted by Crippen LogP contribution is -2.29. The van der Waals surface area contributed by atoms with Gasteiger partial charge in [-0.05, 0) is 54.2 Å². The lowest BCUT2D eigenvalue weighted by Gasteiger charge is -2.12. The quantitative estimate of drug-likeness (QED) is 0.328. The average molecular weight is 456 g/mol. The van der Waals surface area contributed by atoms with Gasteiger partial charge >= 0.3 is 0 Å². The number of aliphatic imine (C=N–C) groups is 1. The van der Waals surface area contributed by atoms with Crippen LogP contribution < -0.4 is 0 Å². The van der Waals surface area contributed by atoms with Crippen molar-refractivity contribution < 1.29 is 9.21 Å². The highest BCUT2D eigenvalue weighted by Gasteiger charge is 2.33. The van der Waals surface area contributed by atoms with Crippen LogP contribution in [0, 0.1) is 0 Å². The molecule has 0 aliphatic carbocycles. The first kappa shape index (κ1) is 20.5. The molecule has 0 N–H and O–H groups in total. The first-order valence-corrected chi connectivity index (χ1v) is 10.5. The molecule has 5 nitrogen and oxygen atoms in total. The molecule has 0 unspecified atom stereocenters. The Bertz CT molecular complexity index is 1170. The van der Waals surface area contributed by atoms with Gasteiger partial charge in [-0.15, -0.1) is 6.58 Å². The molecule has 3 aromatic rings. The summed E-state index contributed by atoms with van der Waals surface area (Å²) in [5, 5.41) is 1.62. The van der Waals surface area contributed by atoms with E-state index < -0.39 is 0 Å². The number of carbonyl (C=O) groups is 1. The predicted octanol–water partition coefficient (Wildman–Crippen LogP) is 6.44. The molecule has 0 bridgehead atoms. The van der Waals surface area contributed by atoms with Crippen LogP contribution in [0.1, 0.15) is 5.76 Å². The first-order chi connectivity index (χ1) is 14.5. The van der Waals surface area contributed by atoms with Crippen LogP contribution in [0.5, 0.6) is 0 Å². The minimum Gasteiger partial charge on any atom is -0.457 e. The Morgan fingerprint density at radius 3 is 2.83 bits per heavy atom. The smallest absolute Gasteiger partial charge is 0.267 e. The van der Waals surface area contributed by atoms with Crippen molar-refractivity contribution in [3.05, 3.63) is 88.1 Å². The number of carbonyl (C=O) groups excluding carboxylic acids is 1. The zero-order chi connectivity index (χ0) is 21.1. The van der Waals surface area contributed by atoms with E-state index in [1.165, 1.54) is 11.8 Å². The van der Waals surface area contributed by atoms with Gasteiger partial charge in [-0.3, -0.25) is 9.69 Å². The summed E-state index contributed by atoms with van der Waals surface area (Å²) in [6.07, 6.45) is 4.99. The molecule has 1 aliphatic rings. The minimum atomic E-state index is -0.173. The van der Waals surface area contributed by atoms with Crippen molar-refractivity contribution in [2.24, 2.45) is 4.99 Å². The number of furan rings is 1. The van der Waals surface area contributed by atoms with E-state index in [1.807, 2.05) is 12.1 Å². The van der Waals surface area contributed by atoms with E-state index in [9.17, 15) is 4.79 Å². The van der Waals surface area contributed by atoms with E-state index in [2.05, 4.69) is 16.6 Å². The van der Waals surface area contributed by atoms with Crippen LogP contribution in [0.25, 0.3) is 17.4 Å². The average Bonchev–Trinajstić information content (AvgIpc) is 3.31. The maximum Gasteiger partial charge on any atom is 0.267 e. The van der Waals surface area contributed by atoms with Gasteiger partial charge in [0.2, 0.25) is 0 Å². The van der Waals surface area contributed by atoms with Crippen LogP contribution in [0.3, 0.4) is 0 Å². The molecule has 150 valence electrons. The zero-order valence-electron chi connectivity index (χ0n) is 15.6. The molecule has 1 amide bonds. The normalized spacial score (nSPS) is 16.6. The van der Waals surface area contributed by atoms with Gasteiger partial charge < -0.3 is 4.42 Å². The Hall–Kier alpha value is -2.80. The van der Waals surface area contributed by atoms with Gasteiger partial charge in [0, 0.05) is 29.4 Å². The van der Waals surface area contributed by atoms with Crippen LogP contribution in [-0.4, -0.2) is 27.5 Å². The second kappa shape index (κ2) is 8.92. The number of pyridine rings is 1. The maximum absolute atomic E-state index is 12.9. The highest BCUT2D eigenvalue weighted by Crippen LogP contribution is 2.36. The number of nitrogens with zero attached hydrogens (tertiary/aromatic N) is 3. The van der Waals surface area contributed by atoms with E-state index >= 15 is 0 Å². The molecule has 1 aromatic carbocycles. The number of hydrogen-bond acceptors (Lipinski definition) is 5. The number of aromatic nitrogens is 1. The molecule has 3 heterocycles. The van der Waals surface area contributed by atoms with Crippen LogP contribution >= 0.6 is 35.0 Å². The van der Waals surface area contributed by atoms with Gasteiger partial charge in [0.05, 0.1) is 9.93 Å². The number of amidine groups is 1. The predicted molar refractivity (Wildman–Crippen MR) is 123 cm³/mol. The third kappa shape index (κ3) is 4.36. The van der Waals surface area contributed by atoms with Crippen LogP contribution in [-0.2, 0) is 4.79 Å². The van der Waals surface area contributed by atoms with Crippen LogP contribution in [0.4, 0.5) is 5.82 Å². The van der Waals surface area contributed by atoms with E-state index in [1.54, 1.807) is 59.6 Å². The van der Waals surface area contributed by atoms with Crippen molar-refractivity contribution in [1.82, 2.24) is 9.88 Å². The lowest BCUT2D eigenvalue weighted by atomic mass is 10.2. The SMILES string of the molecule is C=CCN1C(=O)/C(=C\c2ccc(-c3cc(Cl)ccc3Cl)o2)S/C1=N/c1ccccn1. The fourth-order valence-corrected chi connectivity index (χ4v) is 4.15. The summed E-state index contributed by atoms with van der Waals surface area (Å²) in [5.74, 6) is 1.44. The molecule has 8 heteroatoms. The second-order valence-corrected chi connectivity index (χ2v) is 8.08. The number of benzene rings is 1. The van der Waals surface area contributed by atoms with E-state index in [-0.39, 0.29) is 5.91 Å². The molecule has 1 aliphatic heterocycles. The number of rotatable bonds is 5. The Kier molecular flexibility index (Phi) is 6.08. The Morgan fingerprint density at radius 2 is 2.07 bits per heavy atom. The molecular weight excluding hydrogens is 441 g/mol. The molecule has 30 heavy (non-hydrogen) atoms. The molecule has 0 spiro atoms. The van der Waals surface area contributed by atoms with Crippen molar-refractivity contribution in [3.8, 4) is 11.3 Å². The maximum atomic E-state index is 12.9. The van der Waals surface area contributed by atoms with Crippen LogP contribution in [0.15, 0.2) is 81.7 Å². The number of halogens is 2. The van der Waals surface area contributed by atoms with Gasteiger partial charge in [0.15, 0.2) is 11.0 Å². The van der Waals surface area contributed by atoms with Gasteiger partial charge in [-0.1, -0.05) is 35.3 Å². The zero-order valence-corrected chi connectivity index (χ0v) is 17.9. The minimum absolute atomic E-state index is 0.173. The number of hydrogen-bond donors (Lipinski definition) is 0. The highest BCUT2D eigenvalue weighted by molar-refractivity contribution is 8.18. The molecule has 0 saturated carbocycles. The molecule has 0 radical (unpaired) electrons. The van der Waals surface area contributed by atoms with Gasteiger partial charge in [0.1, 0.15) is 11.5 Å². The van der Waals surface area contributed by atoms with Gasteiger partial charge in [-0.2, -0.15) is 0 Å². The molecule has 2 aromatic heterocycles. The van der Waals surface area contributed by atoms with E-state index in [0.717, 1.165) is 0 Å². The lowest BCUT2D eigenvalue weighted by molar-refractivity contribution is -0.121. The standard InChI is InChI=1S/C22H15Cl2N3O2S/c1-2-11-27-21(28)19(30-22(27)26-20-5-3-4-10-25-20)13-15-7-9-18(29-15)16-12-14(23)6-8-17(16)24/h2-10,12-13H,1,11H2/b19-13+,26-22+. The molecule has 1 fully saturated rings. The molecule has 4 rings (SSSR count). The summed E-state index contributed by atoms with van der Waals surface area (Å²) in [6.45, 7) is 4.07. The van der Waals surface area contributed by atoms with Crippen LogP contribution in [0.2, 0.25) is 10.0 Å². The fraction of sp³-hybridized carbons (Fsp3) is 0.0455. The molecule has 0 atom stereocenters. The summed E-state index contributed by atoms with van der Waals surface area (Å²) >= 11 is 13.6. The van der Waals surface area contributed by atoms with Crippen molar-refractivity contribution >= 4 is 57.9 Å². The largest absolute Gasteiger partial charge is 0.457 e. The van der Waals surface area contributed by atoms with Crippen molar-refractivity contribution in [2.45, 2.75) is 0 Å². The monoisotopic (exact) mass is 455 g/mol. The summed E-state index contributed by atoms with van der Waals surface area (Å²) in [5.41, 5.74) is 0.685. The van der Waals surface area contributed by atoms with Gasteiger partial charge in [0.25, 0.3) is 5.91 Å². The summed E-state index contributed by atoms with van der Waals surface area (Å²) in [7, 11) is 0. The molecular formula is C22H15Cl2N3O2S. The Morgan fingerprint density at radius 1 is 1.20 bits per heavy atom. The molecule has 1 saturated heterocycles. The third-order valence-corrected chi connectivity index (χ3v) is 5.72. The van der Waals surface area contributed by atoms with Crippen molar-refractivity contribution in [2.75, 3.05) is 6.54 Å². The number of thioether (sulfide) groups is 1. The number of amides is 1.